The van der Waals surface area contributed by atoms with Crippen LogP contribution in [0.5, 0.6) is 0 Å². The molecule has 34 heavy (non-hydrogen) atoms. The number of Topliss-reactive ketones (excluding diaryl/α,β-unsaturated/α-hetero) is 1. The third kappa shape index (κ3) is 4.26. The molecule has 1 N–H and O–H groups in total. The lowest BCUT2D eigenvalue weighted by molar-refractivity contribution is -0.137. The second kappa shape index (κ2) is 8.77. The molecular weight excluding hydrogens is 497 g/mol. The topological polar surface area (TPSA) is 57.6 Å². The predicted molar refractivity (Wildman–Crippen MR) is 119 cm³/mol. The van der Waals surface area contributed by atoms with Crippen LogP contribution < -0.4 is 4.90 Å². The predicted octanol–water partition coefficient (Wildman–Crippen LogP) is 6.78. The van der Waals surface area contributed by atoms with E-state index in [-0.39, 0.29) is 26.9 Å². The van der Waals surface area contributed by atoms with Crippen LogP contribution >= 0.6 is 23.2 Å². The fraction of sp³-hybridized carbons (Fsp3) is 0.0833. The molecule has 10 heteroatoms. The molecule has 174 valence electrons. The highest BCUT2D eigenvalue weighted by Gasteiger charge is 2.47. The molecule has 0 aliphatic carbocycles. The molecule has 0 bridgehead atoms. The minimum Gasteiger partial charge on any atom is -0.507 e. The monoisotopic (exact) mass is 509 g/mol. The summed E-state index contributed by atoms with van der Waals surface area (Å²) in [5.74, 6) is -3.50. The summed E-state index contributed by atoms with van der Waals surface area (Å²) in [5, 5.41) is 11.2. The van der Waals surface area contributed by atoms with Gasteiger partial charge in [-0.3, -0.25) is 14.5 Å². The molecule has 3 aromatic rings. The maximum Gasteiger partial charge on any atom is 0.416 e. The van der Waals surface area contributed by atoms with Gasteiger partial charge in [-0.15, -0.1) is 0 Å². The first-order chi connectivity index (χ1) is 16.0. The lowest BCUT2D eigenvalue weighted by Crippen LogP contribution is -2.29. The summed E-state index contributed by atoms with van der Waals surface area (Å²) in [5.41, 5.74) is -1.40. The molecule has 0 aromatic heterocycles. The Morgan fingerprint density at radius 3 is 2.21 bits per heavy atom. The Labute approximate surface area is 200 Å². The SMILES string of the molecule is O=C1C(=O)N(c2cccc(C(F)(F)F)c2)C(c2ccc(F)cc2)/C1=C(\O)c1ccc(Cl)c(Cl)c1. The van der Waals surface area contributed by atoms with Gasteiger partial charge < -0.3 is 5.11 Å². The van der Waals surface area contributed by atoms with Crippen molar-refractivity contribution in [1.82, 2.24) is 0 Å². The molecule has 1 heterocycles. The lowest BCUT2D eigenvalue weighted by Gasteiger charge is -2.26. The van der Waals surface area contributed by atoms with Crippen LogP contribution in [0.25, 0.3) is 5.76 Å². The minimum atomic E-state index is -4.70. The number of benzene rings is 3. The number of hydrogen-bond donors (Lipinski definition) is 1. The van der Waals surface area contributed by atoms with E-state index in [9.17, 15) is 32.3 Å². The summed E-state index contributed by atoms with van der Waals surface area (Å²) >= 11 is 11.9. The average Bonchev–Trinajstić information content (AvgIpc) is 3.06. The van der Waals surface area contributed by atoms with Crippen molar-refractivity contribution < 1.29 is 32.3 Å². The van der Waals surface area contributed by atoms with Gasteiger partial charge in [-0.25, -0.2) is 4.39 Å². The highest BCUT2D eigenvalue weighted by molar-refractivity contribution is 6.51. The Morgan fingerprint density at radius 1 is 0.912 bits per heavy atom. The van der Waals surface area contributed by atoms with Crippen LogP contribution in [0.1, 0.15) is 22.7 Å². The highest BCUT2D eigenvalue weighted by atomic mass is 35.5. The van der Waals surface area contributed by atoms with Gasteiger partial charge in [0.15, 0.2) is 0 Å². The Kier molecular flexibility index (Phi) is 6.14. The molecule has 3 aromatic carbocycles. The van der Waals surface area contributed by atoms with Crippen LogP contribution in [0, 0.1) is 5.82 Å². The minimum absolute atomic E-state index is 0.0588. The Balaban J connectivity index is 1.95. The molecular formula is C24H13Cl2F4NO3. The number of aliphatic hydroxyl groups excluding tert-OH is 1. The number of aliphatic hydroxyl groups is 1. The van der Waals surface area contributed by atoms with Gasteiger partial charge >= 0.3 is 6.18 Å². The van der Waals surface area contributed by atoms with Crippen molar-refractivity contribution in [2.24, 2.45) is 0 Å². The molecule has 1 saturated heterocycles. The van der Waals surface area contributed by atoms with Gasteiger partial charge in [0.2, 0.25) is 0 Å². The first-order valence-electron chi connectivity index (χ1n) is 9.68. The van der Waals surface area contributed by atoms with E-state index in [0.29, 0.717) is 0 Å². The molecule has 0 saturated carbocycles. The molecule has 1 amide bonds. The quantitative estimate of drug-likeness (QED) is 0.183. The maximum atomic E-state index is 13.6. The summed E-state index contributed by atoms with van der Waals surface area (Å²) in [6, 6.07) is 11.2. The zero-order chi connectivity index (χ0) is 24.8. The van der Waals surface area contributed by atoms with E-state index < -0.39 is 46.6 Å². The number of alkyl halides is 3. The van der Waals surface area contributed by atoms with E-state index in [4.69, 9.17) is 23.2 Å². The van der Waals surface area contributed by atoms with E-state index in [1.54, 1.807) is 0 Å². The van der Waals surface area contributed by atoms with E-state index in [2.05, 4.69) is 0 Å². The van der Waals surface area contributed by atoms with E-state index in [1.165, 1.54) is 36.4 Å². The van der Waals surface area contributed by atoms with Gasteiger partial charge in [-0.2, -0.15) is 13.2 Å². The number of nitrogens with zero attached hydrogens (tertiary/aromatic N) is 1. The summed E-state index contributed by atoms with van der Waals surface area (Å²) in [7, 11) is 0. The largest absolute Gasteiger partial charge is 0.507 e. The van der Waals surface area contributed by atoms with Crippen LogP contribution in [-0.4, -0.2) is 16.8 Å². The van der Waals surface area contributed by atoms with Crippen molar-refractivity contribution in [3.8, 4) is 0 Å². The standard InChI is InChI=1S/C24H13Cl2F4NO3/c25-17-9-6-13(10-18(17)26)21(32)19-20(12-4-7-15(27)8-5-12)31(23(34)22(19)33)16-3-1-2-14(11-16)24(28,29)30/h1-11,20,32H/b21-19+. The normalized spacial score (nSPS) is 17.9. The molecule has 0 spiro atoms. The summed E-state index contributed by atoms with van der Waals surface area (Å²) < 4.78 is 53.5. The zero-order valence-corrected chi connectivity index (χ0v) is 18.4. The summed E-state index contributed by atoms with van der Waals surface area (Å²) in [6.45, 7) is 0. The third-order valence-corrected chi connectivity index (χ3v) is 6.01. The van der Waals surface area contributed by atoms with E-state index in [0.717, 1.165) is 35.2 Å². The second-order valence-electron chi connectivity index (χ2n) is 7.40. The fourth-order valence-corrected chi connectivity index (χ4v) is 3.99. The average molecular weight is 510 g/mol. The maximum absolute atomic E-state index is 13.6. The van der Waals surface area contributed by atoms with E-state index in [1.807, 2.05) is 0 Å². The number of hydrogen-bond acceptors (Lipinski definition) is 3. The molecule has 1 unspecified atom stereocenters. The van der Waals surface area contributed by atoms with E-state index >= 15 is 0 Å². The molecule has 1 aliphatic heterocycles. The van der Waals surface area contributed by atoms with Crippen LogP contribution in [0.2, 0.25) is 10.0 Å². The van der Waals surface area contributed by atoms with Crippen LogP contribution in [0.4, 0.5) is 23.2 Å². The van der Waals surface area contributed by atoms with Crippen molar-refractivity contribution in [3.63, 3.8) is 0 Å². The van der Waals surface area contributed by atoms with Crippen molar-refractivity contribution in [3.05, 3.63) is 105 Å². The lowest BCUT2D eigenvalue weighted by atomic mass is 9.95. The molecule has 1 atom stereocenters. The zero-order valence-electron chi connectivity index (χ0n) is 16.9. The Bertz CT molecular complexity index is 1340. The molecule has 0 radical (unpaired) electrons. The van der Waals surface area contributed by atoms with Gasteiger partial charge in [-0.05, 0) is 54.1 Å². The number of anilines is 1. The fourth-order valence-electron chi connectivity index (χ4n) is 3.69. The first kappa shape index (κ1) is 23.8. The van der Waals surface area contributed by atoms with Crippen molar-refractivity contribution in [1.29, 1.82) is 0 Å². The van der Waals surface area contributed by atoms with Crippen molar-refractivity contribution >= 4 is 46.3 Å². The number of ketones is 1. The molecule has 1 fully saturated rings. The molecule has 4 nitrogen and oxygen atoms in total. The van der Waals surface area contributed by atoms with Crippen LogP contribution in [-0.2, 0) is 15.8 Å². The van der Waals surface area contributed by atoms with Gasteiger partial charge in [0, 0.05) is 11.3 Å². The van der Waals surface area contributed by atoms with Crippen molar-refractivity contribution in [2.45, 2.75) is 12.2 Å². The number of carbonyl (C=O) groups excluding carboxylic acids is 2. The highest BCUT2D eigenvalue weighted by Crippen LogP contribution is 2.43. The Hall–Kier alpha value is -3.36. The number of rotatable bonds is 3. The van der Waals surface area contributed by atoms with Gasteiger partial charge in [0.1, 0.15) is 11.6 Å². The first-order valence-corrected chi connectivity index (χ1v) is 10.4. The summed E-state index contributed by atoms with van der Waals surface area (Å²) in [4.78, 5) is 26.9. The third-order valence-electron chi connectivity index (χ3n) is 5.27. The smallest absolute Gasteiger partial charge is 0.416 e. The number of carbonyl (C=O) groups is 2. The Morgan fingerprint density at radius 2 is 1.59 bits per heavy atom. The van der Waals surface area contributed by atoms with Crippen LogP contribution in [0.3, 0.4) is 0 Å². The molecule has 4 rings (SSSR count). The summed E-state index contributed by atoms with van der Waals surface area (Å²) in [6.07, 6.45) is -4.70. The number of amides is 1. The van der Waals surface area contributed by atoms with Gasteiger partial charge in [0.05, 0.1) is 27.2 Å². The van der Waals surface area contributed by atoms with Gasteiger partial charge in [-0.1, -0.05) is 41.4 Å². The second-order valence-corrected chi connectivity index (χ2v) is 8.21. The van der Waals surface area contributed by atoms with Crippen LogP contribution in [0.15, 0.2) is 72.3 Å². The number of halogens is 6. The molecule has 1 aliphatic rings. The van der Waals surface area contributed by atoms with Crippen molar-refractivity contribution in [2.75, 3.05) is 4.90 Å². The van der Waals surface area contributed by atoms with Gasteiger partial charge in [0.25, 0.3) is 11.7 Å².